The third-order valence-electron chi connectivity index (χ3n) is 2.77. The maximum Gasteiger partial charge on any atom is 0.152 e. The number of aromatic nitrogens is 1. The lowest BCUT2D eigenvalue weighted by Crippen LogP contribution is -2.00. The first-order valence-electron chi connectivity index (χ1n) is 5.76. The van der Waals surface area contributed by atoms with E-state index in [1.807, 2.05) is 6.92 Å². The number of nitrogens with zero attached hydrogens (tertiary/aromatic N) is 1. The zero-order chi connectivity index (χ0) is 14.0. The van der Waals surface area contributed by atoms with Crippen LogP contribution >= 0.6 is 27.5 Å². The number of halogens is 4. The molecule has 1 aromatic carbocycles. The number of pyridine rings is 1. The molecule has 0 radical (unpaired) electrons. The van der Waals surface area contributed by atoms with Crippen molar-refractivity contribution in [2.45, 2.75) is 18.7 Å². The fraction of sp³-hybridized carbons (Fsp3) is 0.214. The lowest BCUT2D eigenvalue weighted by Gasteiger charge is -2.10. The van der Waals surface area contributed by atoms with Crippen LogP contribution in [0, 0.1) is 11.6 Å². The van der Waals surface area contributed by atoms with E-state index in [-0.39, 0.29) is 5.02 Å². The summed E-state index contributed by atoms with van der Waals surface area (Å²) in [6.45, 7) is 1.83. The van der Waals surface area contributed by atoms with Crippen LogP contribution in [-0.2, 0) is 11.8 Å². The molecule has 1 heterocycles. The van der Waals surface area contributed by atoms with Crippen LogP contribution in [0.25, 0.3) is 11.1 Å². The number of benzene rings is 1. The molecule has 1 nitrogen and oxygen atoms in total. The molecule has 19 heavy (non-hydrogen) atoms. The average molecular weight is 347 g/mol. The molecule has 2 rings (SSSR count). The van der Waals surface area contributed by atoms with E-state index in [1.165, 1.54) is 18.2 Å². The van der Waals surface area contributed by atoms with Gasteiger partial charge in [0.1, 0.15) is 5.82 Å². The Kier molecular flexibility index (Phi) is 4.53. The van der Waals surface area contributed by atoms with Gasteiger partial charge >= 0.3 is 0 Å². The van der Waals surface area contributed by atoms with Crippen molar-refractivity contribution in [2.75, 3.05) is 0 Å². The number of aryl methyl sites for hydroxylation is 1. The van der Waals surface area contributed by atoms with Crippen molar-refractivity contribution >= 4 is 27.5 Å². The van der Waals surface area contributed by atoms with Crippen molar-refractivity contribution in [1.29, 1.82) is 0 Å². The number of alkyl halides is 1. The molecule has 0 amide bonds. The fourth-order valence-electron chi connectivity index (χ4n) is 1.85. The Balaban J connectivity index is 2.66. The minimum Gasteiger partial charge on any atom is -0.254 e. The predicted molar refractivity (Wildman–Crippen MR) is 76.6 cm³/mol. The Labute approximate surface area is 123 Å². The van der Waals surface area contributed by atoms with E-state index in [1.54, 1.807) is 6.07 Å². The SMILES string of the molecule is CCc1nc(CBr)cc(-c2ccc(F)cc2Cl)c1F. The second kappa shape index (κ2) is 5.97. The van der Waals surface area contributed by atoms with Crippen molar-refractivity contribution < 1.29 is 8.78 Å². The molecule has 100 valence electrons. The molecule has 2 aromatic rings. The Morgan fingerprint density at radius 2 is 1.95 bits per heavy atom. The van der Waals surface area contributed by atoms with Gasteiger partial charge < -0.3 is 0 Å². The van der Waals surface area contributed by atoms with Gasteiger partial charge in [0, 0.05) is 16.5 Å². The van der Waals surface area contributed by atoms with E-state index < -0.39 is 11.6 Å². The highest BCUT2D eigenvalue weighted by molar-refractivity contribution is 9.08. The van der Waals surface area contributed by atoms with Crippen molar-refractivity contribution in [3.8, 4) is 11.1 Å². The van der Waals surface area contributed by atoms with Crippen LogP contribution in [0.4, 0.5) is 8.78 Å². The topological polar surface area (TPSA) is 12.9 Å². The summed E-state index contributed by atoms with van der Waals surface area (Å²) in [5.74, 6) is -0.847. The van der Waals surface area contributed by atoms with E-state index >= 15 is 0 Å². The molecule has 0 bridgehead atoms. The van der Waals surface area contributed by atoms with Crippen molar-refractivity contribution in [3.05, 3.63) is 52.3 Å². The van der Waals surface area contributed by atoms with Crippen molar-refractivity contribution in [1.82, 2.24) is 4.98 Å². The van der Waals surface area contributed by atoms with Crippen molar-refractivity contribution in [2.24, 2.45) is 0 Å². The van der Waals surface area contributed by atoms with Gasteiger partial charge in [-0.05, 0) is 30.7 Å². The van der Waals surface area contributed by atoms with E-state index in [4.69, 9.17) is 11.6 Å². The van der Waals surface area contributed by atoms with Gasteiger partial charge in [0.05, 0.1) is 16.4 Å². The smallest absolute Gasteiger partial charge is 0.152 e. The lowest BCUT2D eigenvalue weighted by atomic mass is 10.0. The lowest BCUT2D eigenvalue weighted by molar-refractivity contribution is 0.603. The van der Waals surface area contributed by atoms with E-state index in [0.717, 1.165) is 0 Å². The van der Waals surface area contributed by atoms with Gasteiger partial charge in [-0.2, -0.15) is 0 Å². The molecule has 0 N–H and O–H groups in total. The van der Waals surface area contributed by atoms with Crippen molar-refractivity contribution in [3.63, 3.8) is 0 Å². The molecule has 0 saturated carbocycles. The third-order valence-corrected chi connectivity index (χ3v) is 3.66. The summed E-state index contributed by atoms with van der Waals surface area (Å²) in [5.41, 5.74) is 1.92. The molecule has 0 aliphatic heterocycles. The number of hydrogen-bond donors (Lipinski definition) is 0. The first kappa shape index (κ1) is 14.4. The molecule has 0 atom stereocenters. The molecule has 0 unspecified atom stereocenters. The molecular weight excluding hydrogens is 336 g/mol. The second-order valence-corrected chi connectivity index (χ2v) is 5.00. The quantitative estimate of drug-likeness (QED) is 0.701. The summed E-state index contributed by atoms with van der Waals surface area (Å²) in [6, 6.07) is 5.55. The Morgan fingerprint density at radius 1 is 1.21 bits per heavy atom. The number of hydrogen-bond acceptors (Lipinski definition) is 1. The van der Waals surface area contributed by atoms with Crippen LogP contribution in [0.5, 0.6) is 0 Å². The van der Waals surface area contributed by atoms with E-state index in [9.17, 15) is 8.78 Å². The molecule has 5 heteroatoms. The molecule has 1 aromatic heterocycles. The maximum absolute atomic E-state index is 14.3. The average Bonchev–Trinajstić information content (AvgIpc) is 2.40. The fourth-order valence-corrected chi connectivity index (χ4v) is 2.40. The van der Waals surface area contributed by atoms with Gasteiger partial charge in [-0.25, -0.2) is 8.78 Å². The zero-order valence-corrected chi connectivity index (χ0v) is 12.5. The highest BCUT2D eigenvalue weighted by Crippen LogP contribution is 2.32. The molecule has 0 saturated heterocycles. The van der Waals surface area contributed by atoms with E-state index in [0.29, 0.717) is 34.3 Å². The van der Waals surface area contributed by atoms with Crippen LogP contribution in [0.1, 0.15) is 18.3 Å². The largest absolute Gasteiger partial charge is 0.254 e. The second-order valence-electron chi connectivity index (χ2n) is 4.03. The van der Waals surface area contributed by atoms with Crippen LogP contribution in [0.15, 0.2) is 24.3 Å². The first-order valence-corrected chi connectivity index (χ1v) is 7.26. The van der Waals surface area contributed by atoms with Gasteiger partial charge in [-0.1, -0.05) is 34.5 Å². The first-order chi connectivity index (χ1) is 9.06. The summed E-state index contributed by atoms with van der Waals surface area (Å²) in [5, 5.41) is 0.708. The third kappa shape index (κ3) is 2.95. The van der Waals surface area contributed by atoms with Crippen LogP contribution in [-0.4, -0.2) is 4.98 Å². The number of rotatable bonds is 3. The molecule has 0 spiro atoms. The molecule has 0 aliphatic rings. The summed E-state index contributed by atoms with van der Waals surface area (Å²) in [7, 11) is 0. The van der Waals surface area contributed by atoms with Gasteiger partial charge in [-0.3, -0.25) is 4.98 Å². The Bertz CT molecular complexity index is 617. The van der Waals surface area contributed by atoms with Gasteiger partial charge in [0.15, 0.2) is 5.82 Å². The minimum absolute atomic E-state index is 0.188. The van der Waals surface area contributed by atoms with Crippen LogP contribution in [0.3, 0.4) is 0 Å². The molecule has 0 aliphatic carbocycles. The normalized spacial score (nSPS) is 10.8. The van der Waals surface area contributed by atoms with Gasteiger partial charge in [0.2, 0.25) is 0 Å². The minimum atomic E-state index is -0.445. The maximum atomic E-state index is 14.3. The Morgan fingerprint density at radius 3 is 2.53 bits per heavy atom. The zero-order valence-electron chi connectivity index (χ0n) is 10.2. The molecular formula is C14H11BrClF2N. The Hall–Kier alpha value is -1.00. The monoisotopic (exact) mass is 345 g/mol. The predicted octanol–water partition coefficient (Wildman–Crippen LogP) is 5.14. The highest BCUT2D eigenvalue weighted by Gasteiger charge is 2.15. The summed E-state index contributed by atoms with van der Waals surface area (Å²) in [4.78, 5) is 4.20. The summed E-state index contributed by atoms with van der Waals surface area (Å²) >= 11 is 9.29. The summed E-state index contributed by atoms with van der Waals surface area (Å²) in [6.07, 6.45) is 0.485. The summed E-state index contributed by atoms with van der Waals surface area (Å²) < 4.78 is 27.4. The van der Waals surface area contributed by atoms with Gasteiger partial charge in [-0.15, -0.1) is 0 Å². The highest BCUT2D eigenvalue weighted by atomic mass is 79.9. The van der Waals surface area contributed by atoms with E-state index in [2.05, 4.69) is 20.9 Å². The molecule has 0 fully saturated rings. The van der Waals surface area contributed by atoms with Crippen LogP contribution < -0.4 is 0 Å². The standard InChI is InChI=1S/C14H11BrClF2N/c1-2-13-14(18)11(6-9(7-15)19-13)10-4-3-8(17)5-12(10)16/h3-6H,2,7H2,1H3. The van der Waals surface area contributed by atoms with Crippen LogP contribution in [0.2, 0.25) is 5.02 Å². The van der Waals surface area contributed by atoms with Gasteiger partial charge in [0.25, 0.3) is 0 Å².